The summed E-state index contributed by atoms with van der Waals surface area (Å²) < 4.78 is 13.4. The summed E-state index contributed by atoms with van der Waals surface area (Å²) in [5.41, 5.74) is 6.68. The number of rotatable bonds is 5. The van der Waals surface area contributed by atoms with E-state index in [4.69, 9.17) is 17.3 Å². The Kier molecular flexibility index (Phi) is 5.14. The number of benzene rings is 1. The van der Waals surface area contributed by atoms with Crippen LogP contribution in [0.25, 0.3) is 0 Å². The summed E-state index contributed by atoms with van der Waals surface area (Å²) in [6, 6.07) is 4.56. The average molecular weight is 273 g/mol. The van der Waals surface area contributed by atoms with Crippen molar-refractivity contribution in [2.75, 3.05) is 13.6 Å². The maximum absolute atomic E-state index is 13.4. The molecule has 0 aliphatic heterocycles. The Labute approximate surface area is 114 Å². The van der Waals surface area contributed by atoms with Gasteiger partial charge in [-0.05, 0) is 51.1 Å². The van der Waals surface area contributed by atoms with E-state index in [1.165, 1.54) is 12.1 Å². The first-order valence-electron chi connectivity index (χ1n) is 6.20. The van der Waals surface area contributed by atoms with Crippen molar-refractivity contribution in [1.29, 1.82) is 0 Å². The Hall–Kier alpha value is -0.640. The highest BCUT2D eigenvalue weighted by molar-refractivity contribution is 6.30. The van der Waals surface area contributed by atoms with Crippen molar-refractivity contribution in [1.82, 2.24) is 4.90 Å². The van der Waals surface area contributed by atoms with E-state index in [9.17, 15) is 4.39 Å². The van der Waals surface area contributed by atoms with Crippen molar-refractivity contribution in [3.8, 4) is 0 Å². The van der Waals surface area contributed by atoms with Crippen LogP contribution in [0.3, 0.4) is 0 Å². The number of hydrogen-bond acceptors (Lipinski definition) is 2. The van der Waals surface area contributed by atoms with Gasteiger partial charge in [0.25, 0.3) is 0 Å². The summed E-state index contributed by atoms with van der Waals surface area (Å²) >= 11 is 5.90. The first-order valence-corrected chi connectivity index (χ1v) is 6.58. The highest BCUT2D eigenvalue weighted by Crippen LogP contribution is 2.29. The van der Waals surface area contributed by atoms with Crippen LogP contribution in [0.2, 0.25) is 5.02 Å². The SMILES string of the molecule is CCC(C)(C)N(C)C(CN)c1cc(F)cc(Cl)c1. The molecule has 1 atom stereocenters. The van der Waals surface area contributed by atoms with Gasteiger partial charge in [0.15, 0.2) is 0 Å². The molecule has 0 radical (unpaired) electrons. The number of hydrogen-bond donors (Lipinski definition) is 1. The van der Waals surface area contributed by atoms with Gasteiger partial charge in [0, 0.05) is 23.1 Å². The maximum atomic E-state index is 13.4. The molecule has 0 aliphatic carbocycles. The van der Waals surface area contributed by atoms with Gasteiger partial charge >= 0.3 is 0 Å². The third kappa shape index (κ3) is 3.44. The normalized spacial score (nSPS) is 14.0. The fraction of sp³-hybridized carbons (Fsp3) is 0.571. The van der Waals surface area contributed by atoms with Gasteiger partial charge in [0.05, 0.1) is 0 Å². The van der Waals surface area contributed by atoms with E-state index in [0.717, 1.165) is 12.0 Å². The van der Waals surface area contributed by atoms with Crippen LogP contribution in [0, 0.1) is 5.82 Å². The lowest BCUT2D eigenvalue weighted by atomic mass is 9.95. The topological polar surface area (TPSA) is 29.3 Å². The Balaban J connectivity index is 3.09. The van der Waals surface area contributed by atoms with Crippen LogP contribution in [-0.2, 0) is 0 Å². The van der Waals surface area contributed by atoms with Crippen LogP contribution in [0.4, 0.5) is 4.39 Å². The summed E-state index contributed by atoms with van der Waals surface area (Å²) in [5.74, 6) is -0.321. The molecule has 2 nitrogen and oxygen atoms in total. The Morgan fingerprint density at radius 2 is 2.00 bits per heavy atom. The van der Waals surface area contributed by atoms with Crippen molar-refractivity contribution < 1.29 is 4.39 Å². The third-order valence-electron chi connectivity index (χ3n) is 3.78. The first kappa shape index (κ1) is 15.4. The van der Waals surface area contributed by atoms with Crippen LogP contribution < -0.4 is 5.73 Å². The molecule has 0 amide bonds. The lowest BCUT2D eigenvalue weighted by Crippen LogP contribution is -2.45. The zero-order chi connectivity index (χ0) is 13.9. The van der Waals surface area contributed by atoms with E-state index in [0.29, 0.717) is 11.6 Å². The minimum absolute atomic E-state index is 0.00281. The lowest BCUT2D eigenvalue weighted by molar-refractivity contribution is 0.100. The molecular formula is C14H22ClFN2. The first-order chi connectivity index (χ1) is 8.31. The van der Waals surface area contributed by atoms with E-state index in [1.54, 1.807) is 6.07 Å². The minimum Gasteiger partial charge on any atom is -0.329 e. The molecule has 4 heteroatoms. The molecule has 0 aromatic heterocycles. The van der Waals surface area contributed by atoms with Gasteiger partial charge in [0.2, 0.25) is 0 Å². The summed E-state index contributed by atoms with van der Waals surface area (Å²) in [5, 5.41) is 0.408. The fourth-order valence-electron chi connectivity index (χ4n) is 1.96. The molecule has 0 aliphatic rings. The van der Waals surface area contributed by atoms with Crippen LogP contribution in [0.15, 0.2) is 18.2 Å². The molecule has 102 valence electrons. The molecule has 0 saturated heterocycles. The zero-order valence-electron chi connectivity index (χ0n) is 11.5. The molecule has 1 aromatic carbocycles. The van der Waals surface area contributed by atoms with E-state index in [1.807, 2.05) is 7.05 Å². The lowest BCUT2D eigenvalue weighted by Gasteiger charge is -2.40. The van der Waals surface area contributed by atoms with Crippen molar-refractivity contribution in [3.63, 3.8) is 0 Å². The fourth-order valence-corrected chi connectivity index (χ4v) is 2.19. The van der Waals surface area contributed by atoms with E-state index in [2.05, 4.69) is 25.7 Å². The van der Waals surface area contributed by atoms with Crippen molar-refractivity contribution >= 4 is 11.6 Å². The van der Waals surface area contributed by atoms with Gasteiger partial charge in [0.1, 0.15) is 5.82 Å². The molecule has 18 heavy (non-hydrogen) atoms. The number of nitrogens with zero attached hydrogens (tertiary/aromatic N) is 1. The third-order valence-corrected chi connectivity index (χ3v) is 4.00. The molecule has 0 fully saturated rings. The maximum Gasteiger partial charge on any atom is 0.125 e. The second-order valence-electron chi connectivity index (χ2n) is 5.23. The Morgan fingerprint density at radius 3 is 2.44 bits per heavy atom. The monoisotopic (exact) mass is 272 g/mol. The zero-order valence-corrected chi connectivity index (χ0v) is 12.3. The number of halogens is 2. The van der Waals surface area contributed by atoms with Crippen LogP contribution in [0.5, 0.6) is 0 Å². The molecule has 1 rings (SSSR count). The number of likely N-dealkylation sites (N-methyl/N-ethyl adjacent to an activating group) is 1. The largest absolute Gasteiger partial charge is 0.329 e. The molecule has 1 unspecified atom stereocenters. The molecule has 0 bridgehead atoms. The highest BCUT2D eigenvalue weighted by atomic mass is 35.5. The van der Waals surface area contributed by atoms with Gasteiger partial charge in [-0.2, -0.15) is 0 Å². The molecule has 0 heterocycles. The molecular weight excluding hydrogens is 251 g/mol. The summed E-state index contributed by atoms with van der Waals surface area (Å²) in [7, 11) is 2.01. The van der Waals surface area contributed by atoms with Gasteiger partial charge in [-0.25, -0.2) is 4.39 Å². The highest BCUT2D eigenvalue weighted by Gasteiger charge is 2.28. The number of nitrogens with two attached hydrogens (primary N) is 1. The predicted molar refractivity (Wildman–Crippen MR) is 75.3 cm³/mol. The second-order valence-corrected chi connectivity index (χ2v) is 5.67. The molecule has 2 N–H and O–H groups in total. The van der Waals surface area contributed by atoms with Gasteiger partial charge in [-0.3, -0.25) is 4.90 Å². The summed E-state index contributed by atoms with van der Waals surface area (Å²) in [6.45, 7) is 6.86. The van der Waals surface area contributed by atoms with Crippen LogP contribution >= 0.6 is 11.6 Å². The molecule has 1 aromatic rings. The van der Waals surface area contributed by atoms with Crippen LogP contribution in [-0.4, -0.2) is 24.0 Å². The van der Waals surface area contributed by atoms with Crippen molar-refractivity contribution in [3.05, 3.63) is 34.6 Å². The minimum atomic E-state index is -0.321. The van der Waals surface area contributed by atoms with E-state index >= 15 is 0 Å². The van der Waals surface area contributed by atoms with Crippen LogP contribution in [0.1, 0.15) is 38.8 Å². The Bertz CT molecular complexity index is 387. The second kappa shape index (κ2) is 6.00. The van der Waals surface area contributed by atoms with Crippen molar-refractivity contribution in [2.45, 2.75) is 38.8 Å². The quantitative estimate of drug-likeness (QED) is 0.887. The van der Waals surface area contributed by atoms with Gasteiger partial charge in [-0.1, -0.05) is 18.5 Å². The summed E-state index contributed by atoms with van der Waals surface area (Å²) in [4.78, 5) is 2.18. The van der Waals surface area contributed by atoms with Crippen molar-refractivity contribution in [2.24, 2.45) is 5.73 Å². The molecule has 0 saturated carbocycles. The Morgan fingerprint density at radius 1 is 1.39 bits per heavy atom. The smallest absolute Gasteiger partial charge is 0.125 e. The standard InChI is InChI=1S/C14H22ClFN2/c1-5-14(2,3)18(4)13(9-17)10-6-11(15)8-12(16)7-10/h6-8,13H,5,9,17H2,1-4H3. The predicted octanol–water partition coefficient (Wildman–Crippen LogP) is 3.60. The van der Waals surface area contributed by atoms with E-state index in [-0.39, 0.29) is 17.4 Å². The summed E-state index contributed by atoms with van der Waals surface area (Å²) in [6.07, 6.45) is 0.989. The van der Waals surface area contributed by atoms with Gasteiger partial charge < -0.3 is 5.73 Å². The molecule has 0 spiro atoms. The van der Waals surface area contributed by atoms with Gasteiger partial charge in [-0.15, -0.1) is 0 Å². The average Bonchev–Trinajstić information content (AvgIpc) is 2.28. The van der Waals surface area contributed by atoms with E-state index < -0.39 is 0 Å².